The first-order valence-corrected chi connectivity index (χ1v) is 21.7. The number of hydrogen-bond acceptors (Lipinski definition) is 12. The van der Waals surface area contributed by atoms with Crippen molar-refractivity contribution in [2.75, 3.05) is 78.9 Å². The summed E-state index contributed by atoms with van der Waals surface area (Å²) in [4.78, 5) is 53.7. The van der Waals surface area contributed by atoms with Gasteiger partial charge in [0.2, 0.25) is 0 Å². The fourth-order valence-electron chi connectivity index (χ4n) is 6.61. The third-order valence-electron chi connectivity index (χ3n) is 10.1. The van der Waals surface area contributed by atoms with Gasteiger partial charge in [-0.25, -0.2) is 9.59 Å². The molecule has 1 rings (SSSR count). The highest BCUT2D eigenvalue weighted by molar-refractivity contribution is 5.70. The first-order valence-electron chi connectivity index (χ1n) is 21.7. The van der Waals surface area contributed by atoms with Gasteiger partial charge in [-0.05, 0) is 63.5 Å². The van der Waals surface area contributed by atoms with Gasteiger partial charge in [-0.1, -0.05) is 105 Å². The maximum Gasteiger partial charge on any atom is 0.508 e. The smallest absolute Gasteiger partial charge is 0.462 e. The Labute approximate surface area is 328 Å². The van der Waals surface area contributed by atoms with Crippen molar-refractivity contribution in [1.82, 2.24) is 9.80 Å². The molecule has 1 saturated heterocycles. The van der Waals surface area contributed by atoms with Crippen LogP contribution in [0.25, 0.3) is 0 Å². The molecule has 1 fully saturated rings. The highest BCUT2D eigenvalue weighted by Gasteiger charge is 2.18. The second-order valence-electron chi connectivity index (χ2n) is 14.9. The van der Waals surface area contributed by atoms with E-state index in [-0.39, 0.29) is 39.3 Å². The van der Waals surface area contributed by atoms with Crippen molar-refractivity contribution >= 4 is 24.2 Å². The van der Waals surface area contributed by atoms with Gasteiger partial charge in [-0.3, -0.25) is 9.59 Å². The molecule has 0 aromatic carbocycles. The predicted octanol–water partition coefficient (Wildman–Crippen LogP) is 9.11. The summed E-state index contributed by atoms with van der Waals surface area (Å²) in [5.74, 6) is -0.112. The second kappa shape index (κ2) is 34.9. The van der Waals surface area contributed by atoms with Crippen LogP contribution in [0.2, 0.25) is 0 Å². The van der Waals surface area contributed by atoms with Gasteiger partial charge >= 0.3 is 24.2 Å². The van der Waals surface area contributed by atoms with Gasteiger partial charge in [0.25, 0.3) is 0 Å². The minimum Gasteiger partial charge on any atom is -0.462 e. The van der Waals surface area contributed by atoms with Crippen LogP contribution in [0.5, 0.6) is 0 Å². The molecule has 1 aliphatic rings. The third kappa shape index (κ3) is 28.8. The molecule has 2 atom stereocenters. The van der Waals surface area contributed by atoms with Crippen molar-refractivity contribution < 1.29 is 47.6 Å². The highest BCUT2D eigenvalue weighted by Crippen LogP contribution is 2.19. The summed E-state index contributed by atoms with van der Waals surface area (Å²) >= 11 is 0. The number of carbonyl (C=O) groups is 4. The summed E-state index contributed by atoms with van der Waals surface area (Å²) < 4.78 is 31.6. The minimum atomic E-state index is -0.730. The second-order valence-corrected chi connectivity index (χ2v) is 14.9. The van der Waals surface area contributed by atoms with Crippen LogP contribution in [0.1, 0.15) is 156 Å². The maximum absolute atomic E-state index is 12.5. The van der Waals surface area contributed by atoms with E-state index >= 15 is 0 Å². The van der Waals surface area contributed by atoms with Crippen LogP contribution in [0.4, 0.5) is 9.59 Å². The lowest BCUT2D eigenvalue weighted by Crippen LogP contribution is -2.36. The molecule has 0 spiro atoms. The molecule has 0 aliphatic carbocycles. The Bertz CT molecular complexity index is 882. The maximum atomic E-state index is 12.5. The molecular weight excluding hydrogens is 692 g/mol. The molecule has 0 N–H and O–H groups in total. The zero-order valence-corrected chi connectivity index (χ0v) is 34.8. The van der Waals surface area contributed by atoms with E-state index in [4.69, 9.17) is 28.4 Å². The van der Waals surface area contributed by atoms with Crippen molar-refractivity contribution in [3.63, 3.8) is 0 Å². The number of ether oxygens (including phenoxy) is 6. The van der Waals surface area contributed by atoms with Crippen LogP contribution >= 0.6 is 0 Å². The summed E-state index contributed by atoms with van der Waals surface area (Å²) in [6.45, 7) is 13.7. The van der Waals surface area contributed by atoms with Crippen LogP contribution < -0.4 is 0 Å². The van der Waals surface area contributed by atoms with E-state index < -0.39 is 24.2 Å². The fraction of sp³-hybridized carbons (Fsp3) is 0.905. The topological polar surface area (TPSA) is 130 Å². The van der Waals surface area contributed by atoms with Gasteiger partial charge in [0, 0.05) is 26.2 Å². The lowest BCUT2D eigenvalue weighted by Gasteiger charge is -2.24. The Morgan fingerprint density at radius 2 is 0.907 bits per heavy atom. The molecule has 1 aliphatic heterocycles. The summed E-state index contributed by atoms with van der Waals surface area (Å²) in [6, 6.07) is 0. The molecule has 1 heterocycles. The minimum absolute atomic E-state index is 0.0432. The normalized spacial score (nSPS) is 14.1. The van der Waals surface area contributed by atoms with E-state index in [2.05, 4.69) is 37.5 Å². The van der Waals surface area contributed by atoms with Crippen LogP contribution in [0, 0.1) is 11.8 Å². The number of carbonyl (C=O) groups excluding carboxylic acids is 4. The molecule has 0 aromatic heterocycles. The SMILES string of the molecule is CCCCCCC(CCCC)COC(=O)OCCOC(=O)CCN(CCC(=O)OCCOC(=O)OCC(CCCC)CCCCCC)CCN1CCCC1. The zero-order chi connectivity index (χ0) is 39.5. The largest absolute Gasteiger partial charge is 0.508 e. The van der Waals surface area contributed by atoms with Crippen molar-refractivity contribution in [3.05, 3.63) is 0 Å². The Morgan fingerprint density at radius 1 is 0.500 bits per heavy atom. The van der Waals surface area contributed by atoms with Gasteiger partial charge in [-0.2, -0.15) is 0 Å². The number of rotatable bonds is 35. The van der Waals surface area contributed by atoms with Crippen LogP contribution in [0.3, 0.4) is 0 Å². The Morgan fingerprint density at radius 3 is 1.33 bits per heavy atom. The number of unbranched alkanes of at least 4 members (excludes halogenated alkanes) is 8. The van der Waals surface area contributed by atoms with Crippen LogP contribution in [0.15, 0.2) is 0 Å². The number of hydrogen-bond donors (Lipinski definition) is 0. The summed E-state index contributed by atoms with van der Waals surface area (Å²) in [7, 11) is 0. The summed E-state index contributed by atoms with van der Waals surface area (Å²) in [5, 5.41) is 0. The van der Waals surface area contributed by atoms with Crippen molar-refractivity contribution in [3.8, 4) is 0 Å². The van der Waals surface area contributed by atoms with E-state index in [0.717, 1.165) is 83.8 Å². The average Bonchev–Trinajstić information content (AvgIpc) is 3.70. The molecule has 0 saturated carbocycles. The van der Waals surface area contributed by atoms with Gasteiger partial charge in [-0.15, -0.1) is 0 Å². The van der Waals surface area contributed by atoms with Crippen molar-refractivity contribution in [2.24, 2.45) is 11.8 Å². The van der Waals surface area contributed by atoms with Crippen LogP contribution in [-0.2, 0) is 38.0 Å². The molecule has 12 heteroatoms. The molecule has 2 unspecified atom stereocenters. The first-order chi connectivity index (χ1) is 26.3. The third-order valence-corrected chi connectivity index (χ3v) is 10.1. The van der Waals surface area contributed by atoms with Crippen molar-refractivity contribution in [1.29, 1.82) is 0 Å². The quantitative estimate of drug-likeness (QED) is 0.0346. The molecule has 0 bridgehead atoms. The molecule has 0 radical (unpaired) electrons. The van der Waals surface area contributed by atoms with E-state index in [1.807, 2.05) is 0 Å². The van der Waals surface area contributed by atoms with Gasteiger partial charge in [0.05, 0.1) is 26.1 Å². The Kier molecular flexibility index (Phi) is 31.9. The highest BCUT2D eigenvalue weighted by atomic mass is 16.7. The van der Waals surface area contributed by atoms with E-state index in [1.165, 1.54) is 51.4 Å². The van der Waals surface area contributed by atoms with E-state index in [1.54, 1.807) is 0 Å². The predicted molar refractivity (Wildman–Crippen MR) is 211 cm³/mol. The zero-order valence-electron chi connectivity index (χ0n) is 34.8. The van der Waals surface area contributed by atoms with Gasteiger partial charge < -0.3 is 38.2 Å². The number of esters is 2. The molecule has 0 amide bonds. The molecule has 316 valence electrons. The molecule has 0 aromatic rings. The Balaban J connectivity index is 2.34. The molecule has 12 nitrogen and oxygen atoms in total. The molecule has 54 heavy (non-hydrogen) atoms. The number of likely N-dealkylation sites (tertiary alicyclic amines) is 1. The lowest BCUT2D eigenvalue weighted by molar-refractivity contribution is -0.145. The summed E-state index contributed by atoms with van der Waals surface area (Å²) in [6.07, 6.45) is 19.3. The van der Waals surface area contributed by atoms with E-state index in [0.29, 0.717) is 44.7 Å². The van der Waals surface area contributed by atoms with Gasteiger partial charge in [0.15, 0.2) is 0 Å². The average molecular weight is 771 g/mol. The monoisotopic (exact) mass is 771 g/mol. The van der Waals surface area contributed by atoms with Crippen LogP contribution in [-0.4, -0.2) is 113 Å². The van der Waals surface area contributed by atoms with Gasteiger partial charge in [0.1, 0.15) is 26.4 Å². The standard InChI is InChI=1S/C42H78N2O10/c1-5-9-13-15-21-37(19-11-7-3)35-53-41(47)51-33-31-49-39(45)23-27-44(30-29-43-25-17-18-26-43)28-24-40(46)50-32-34-52-42(48)54-36-38(20-12-8-4)22-16-14-10-6-2/h37-38H,5-36H2,1-4H3. The summed E-state index contributed by atoms with van der Waals surface area (Å²) in [5.41, 5.74) is 0. The lowest BCUT2D eigenvalue weighted by atomic mass is 9.96. The molecular formula is C42H78N2O10. The number of nitrogens with zero attached hydrogens (tertiary/aromatic N) is 2. The Hall–Kier alpha value is -2.60. The first kappa shape index (κ1) is 49.4. The van der Waals surface area contributed by atoms with Crippen molar-refractivity contribution in [2.45, 2.75) is 156 Å². The fourth-order valence-corrected chi connectivity index (χ4v) is 6.61. The van der Waals surface area contributed by atoms with E-state index in [9.17, 15) is 19.2 Å².